The molecule has 6 heteroatoms. The number of hydrogen-bond acceptors (Lipinski definition) is 3. The Bertz CT molecular complexity index is 513. The summed E-state index contributed by atoms with van der Waals surface area (Å²) in [5.74, 6) is -2.26. The Labute approximate surface area is 154 Å². The van der Waals surface area contributed by atoms with Gasteiger partial charge in [-0.2, -0.15) is 13.2 Å². The van der Waals surface area contributed by atoms with Crippen LogP contribution in [0.1, 0.15) is 63.0 Å². The normalized spacial score (nSPS) is 13.8. The topological polar surface area (TPSA) is 38.7 Å². The molecular formula is C20H31F3O3. The lowest BCUT2D eigenvalue weighted by molar-refractivity contribution is -0.368. The number of benzene rings is 1. The highest BCUT2D eigenvalue weighted by Gasteiger charge is 2.37. The zero-order valence-corrected chi connectivity index (χ0v) is 15.9. The Balaban J connectivity index is 2.79. The van der Waals surface area contributed by atoms with Crippen LogP contribution in [0.3, 0.4) is 0 Å². The van der Waals surface area contributed by atoms with Gasteiger partial charge in [-0.25, -0.2) is 0 Å². The minimum Gasteiger partial charge on any atom is -0.343 e. The predicted octanol–water partition coefficient (Wildman–Crippen LogP) is 5.55. The zero-order valence-electron chi connectivity index (χ0n) is 15.9. The monoisotopic (exact) mass is 376 g/mol. The molecule has 1 aromatic rings. The van der Waals surface area contributed by atoms with Crippen LogP contribution in [0.4, 0.5) is 13.2 Å². The first-order valence-electron chi connectivity index (χ1n) is 9.25. The van der Waals surface area contributed by atoms with Crippen molar-refractivity contribution in [3.8, 4) is 0 Å². The largest absolute Gasteiger partial charge is 0.416 e. The molecule has 0 aliphatic carbocycles. The molecule has 0 radical (unpaired) electrons. The molecule has 0 saturated carbocycles. The first-order chi connectivity index (χ1) is 12.3. The number of unbranched alkanes of at least 4 members (excludes halogenated alkanes) is 5. The van der Waals surface area contributed by atoms with Crippen molar-refractivity contribution >= 4 is 0 Å². The first-order valence-corrected chi connectivity index (χ1v) is 9.25. The van der Waals surface area contributed by atoms with Gasteiger partial charge in [0.25, 0.3) is 5.97 Å². The molecule has 0 fully saturated rings. The van der Waals surface area contributed by atoms with Crippen molar-refractivity contribution in [1.29, 1.82) is 0 Å². The molecule has 0 saturated heterocycles. The highest BCUT2D eigenvalue weighted by atomic mass is 19.4. The molecule has 1 aromatic carbocycles. The van der Waals surface area contributed by atoms with E-state index < -0.39 is 23.6 Å². The summed E-state index contributed by atoms with van der Waals surface area (Å²) in [6.07, 6.45) is 3.02. The fourth-order valence-electron chi connectivity index (χ4n) is 3.16. The highest BCUT2D eigenvalue weighted by Crippen LogP contribution is 2.32. The standard InChI is InChI=1S/C20H31F3O3/c1-4-5-6-7-8-9-12-18(20(24,25-2)26-3)15-16-11-10-13-17(14-16)19(21,22)23/h10-11,13-14,18,24H,4-9,12,15H2,1-3H3. The average Bonchev–Trinajstić information content (AvgIpc) is 2.62. The van der Waals surface area contributed by atoms with E-state index in [0.717, 1.165) is 31.4 Å². The van der Waals surface area contributed by atoms with Crippen molar-refractivity contribution in [3.63, 3.8) is 0 Å². The van der Waals surface area contributed by atoms with E-state index in [0.29, 0.717) is 12.0 Å². The van der Waals surface area contributed by atoms with Crippen molar-refractivity contribution < 1.29 is 27.8 Å². The number of aliphatic hydroxyl groups is 1. The van der Waals surface area contributed by atoms with Gasteiger partial charge in [0.05, 0.1) is 5.56 Å². The first kappa shape index (κ1) is 22.9. The molecule has 0 aliphatic rings. The number of hydrogen-bond donors (Lipinski definition) is 1. The molecule has 0 bridgehead atoms. The summed E-state index contributed by atoms with van der Waals surface area (Å²) in [5, 5.41) is 10.6. The molecule has 26 heavy (non-hydrogen) atoms. The Hall–Kier alpha value is -1.11. The molecule has 3 nitrogen and oxygen atoms in total. The van der Waals surface area contributed by atoms with Gasteiger partial charge in [-0.15, -0.1) is 0 Å². The number of ether oxygens (including phenoxy) is 2. The van der Waals surface area contributed by atoms with Crippen LogP contribution >= 0.6 is 0 Å². The Morgan fingerprint density at radius 1 is 1.00 bits per heavy atom. The van der Waals surface area contributed by atoms with Crippen LogP contribution in [0, 0.1) is 5.92 Å². The molecular weight excluding hydrogens is 345 g/mol. The lowest BCUT2D eigenvalue weighted by Gasteiger charge is -2.33. The van der Waals surface area contributed by atoms with E-state index >= 15 is 0 Å². The molecule has 0 aliphatic heterocycles. The van der Waals surface area contributed by atoms with Crippen LogP contribution in [0.25, 0.3) is 0 Å². The van der Waals surface area contributed by atoms with Gasteiger partial charge in [-0.3, -0.25) is 0 Å². The van der Waals surface area contributed by atoms with Crippen molar-refractivity contribution in [2.75, 3.05) is 14.2 Å². The second-order valence-corrected chi connectivity index (χ2v) is 6.69. The summed E-state index contributed by atoms with van der Waals surface area (Å²) < 4.78 is 49.0. The molecule has 1 unspecified atom stereocenters. The van der Waals surface area contributed by atoms with Crippen LogP contribution < -0.4 is 0 Å². The molecule has 1 N–H and O–H groups in total. The van der Waals surface area contributed by atoms with Gasteiger partial charge in [0.15, 0.2) is 0 Å². The van der Waals surface area contributed by atoms with E-state index in [1.165, 1.54) is 39.5 Å². The SMILES string of the molecule is CCCCCCCCC(Cc1cccc(C(F)(F)F)c1)C(O)(OC)OC. The smallest absolute Gasteiger partial charge is 0.343 e. The average molecular weight is 376 g/mol. The molecule has 0 spiro atoms. The summed E-state index contributed by atoms with van der Waals surface area (Å²) in [4.78, 5) is 0. The van der Waals surface area contributed by atoms with Crippen LogP contribution in [-0.4, -0.2) is 25.3 Å². The second-order valence-electron chi connectivity index (χ2n) is 6.69. The Morgan fingerprint density at radius 2 is 1.62 bits per heavy atom. The van der Waals surface area contributed by atoms with Gasteiger partial charge >= 0.3 is 6.18 Å². The van der Waals surface area contributed by atoms with Crippen molar-refractivity contribution in [2.24, 2.45) is 5.92 Å². The fraction of sp³-hybridized carbons (Fsp3) is 0.700. The maximum Gasteiger partial charge on any atom is 0.416 e. The third-order valence-electron chi connectivity index (χ3n) is 4.74. The minimum absolute atomic E-state index is 0.247. The quantitative estimate of drug-likeness (QED) is 0.384. The van der Waals surface area contributed by atoms with Crippen LogP contribution in [0.15, 0.2) is 24.3 Å². The number of alkyl halides is 3. The maximum atomic E-state index is 12.9. The van der Waals surface area contributed by atoms with E-state index in [9.17, 15) is 18.3 Å². The molecule has 0 aromatic heterocycles. The van der Waals surface area contributed by atoms with Crippen molar-refractivity contribution in [3.05, 3.63) is 35.4 Å². The van der Waals surface area contributed by atoms with Gasteiger partial charge < -0.3 is 14.6 Å². The Kier molecular flexibility index (Phi) is 9.61. The number of methoxy groups -OCH3 is 2. The fourth-order valence-corrected chi connectivity index (χ4v) is 3.16. The van der Waals surface area contributed by atoms with Gasteiger partial charge in [0.1, 0.15) is 0 Å². The summed E-state index contributed by atoms with van der Waals surface area (Å²) in [5.41, 5.74) is -0.185. The van der Waals surface area contributed by atoms with E-state index in [1.54, 1.807) is 6.07 Å². The molecule has 1 rings (SSSR count). The number of rotatable bonds is 12. The summed E-state index contributed by atoms with van der Waals surface area (Å²) >= 11 is 0. The third kappa shape index (κ3) is 7.25. The summed E-state index contributed by atoms with van der Waals surface area (Å²) in [7, 11) is 2.67. The summed E-state index contributed by atoms with van der Waals surface area (Å²) in [6.45, 7) is 2.16. The zero-order chi connectivity index (χ0) is 19.6. The highest BCUT2D eigenvalue weighted by molar-refractivity contribution is 5.26. The molecule has 0 heterocycles. The molecule has 150 valence electrons. The maximum absolute atomic E-state index is 12.9. The van der Waals surface area contributed by atoms with E-state index in [4.69, 9.17) is 9.47 Å². The van der Waals surface area contributed by atoms with Crippen LogP contribution in [-0.2, 0) is 22.1 Å². The Morgan fingerprint density at radius 3 is 2.19 bits per heavy atom. The molecule has 1 atom stereocenters. The van der Waals surface area contributed by atoms with Crippen molar-refractivity contribution in [2.45, 2.75) is 70.4 Å². The van der Waals surface area contributed by atoms with Gasteiger partial charge in [-0.1, -0.05) is 63.6 Å². The predicted molar refractivity (Wildman–Crippen MR) is 95.6 cm³/mol. The second kappa shape index (κ2) is 10.9. The van der Waals surface area contributed by atoms with Gasteiger partial charge in [-0.05, 0) is 24.5 Å². The van der Waals surface area contributed by atoms with E-state index in [-0.39, 0.29) is 6.42 Å². The lowest BCUT2D eigenvalue weighted by Crippen LogP contribution is -2.43. The minimum atomic E-state index is -4.39. The van der Waals surface area contributed by atoms with Crippen molar-refractivity contribution in [1.82, 2.24) is 0 Å². The summed E-state index contributed by atoms with van der Waals surface area (Å²) in [6, 6.07) is 5.19. The van der Waals surface area contributed by atoms with E-state index in [1.807, 2.05) is 0 Å². The lowest BCUT2D eigenvalue weighted by atomic mass is 9.90. The van der Waals surface area contributed by atoms with Gasteiger partial charge in [0, 0.05) is 20.1 Å². The number of halogens is 3. The van der Waals surface area contributed by atoms with Crippen LogP contribution in [0.2, 0.25) is 0 Å². The third-order valence-corrected chi connectivity index (χ3v) is 4.74. The van der Waals surface area contributed by atoms with Gasteiger partial charge in [0.2, 0.25) is 0 Å². The van der Waals surface area contributed by atoms with E-state index in [2.05, 4.69) is 6.92 Å². The van der Waals surface area contributed by atoms with Crippen LogP contribution in [0.5, 0.6) is 0 Å². The molecule has 0 amide bonds.